The highest BCUT2D eigenvalue weighted by molar-refractivity contribution is 6.12. The van der Waals surface area contributed by atoms with Gasteiger partial charge in [0.2, 0.25) is 0 Å². The number of carbonyl (C=O) groups excluding carboxylic acids is 3. The minimum atomic E-state index is -0.158. The fourth-order valence-electron chi connectivity index (χ4n) is 4.21. The highest BCUT2D eigenvalue weighted by Gasteiger charge is 2.14. The van der Waals surface area contributed by atoms with E-state index in [4.69, 9.17) is 9.47 Å². The van der Waals surface area contributed by atoms with E-state index < -0.39 is 0 Å². The molecule has 5 aromatic carbocycles. The van der Waals surface area contributed by atoms with Gasteiger partial charge in [-0.2, -0.15) is 0 Å². The van der Waals surface area contributed by atoms with E-state index in [-0.39, 0.29) is 17.3 Å². The van der Waals surface area contributed by atoms with Gasteiger partial charge in [0, 0.05) is 33.4 Å². The smallest absolute Gasteiger partial charge is 0.193 e. The molecule has 0 saturated carbocycles. The van der Waals surface area contributed by atoms with Crippen LogP contribution < -0.4 is 9.47 Å². The number of ether oxygens (including phenoxy) is 2. The van der Waals surface area contributed by atoms with Gasteiger partial charge in [0.25, 0.3) is 0 Å². The molecule has 0 saturated heterocycles. The summed E-state index contributed by atoms with van der Waals surface area (Å²) >= 11 is 0. The molecule has 0 radical (unpaired) electrons. The third-order valence-electron chi connectivity index (χ3n) is 6.54. The molecule has 196 valence electrons. The summed E-state index contributed by atoms with van der Waals surface area (Å²) in [5, 5.41) is 0. The van der Waals surface area contributed by atoms with Crippen molar-refractivity contribution in [2.45, 2.75) is 6.92 Å². The van der Waals surface area contributed by atoms with E-state index in [0.717, 1.165) is 5.56 Å². The van der Waals surface area contributed by atoms with E-state index in [1.54, 1.807) is 104 Å². The summed E-state index contributed by atoms with van der Waals surface area (Å²) in [7, 11) is 1.57. The first kappa shape index (κ1) is 26.3. The van der Waals surface area contributed by atoms with Crippen LogP contribution in [0.25, 0.3) is 0 Å². The maximum atomic E-state index is 13.0. The van der Waals surface area contributed by atoms with E-state index in [1.165, 1.54) is 0 Å². The Morgan fingerprint density at radius 3 is 0.950 bits per heavy atom. The molecule has 0 spiro atoms. The molecule has 5 aromatic rings. The summed E-state index contributed by atoms with van der Waals surface area (Å²) in [5.41, 5.74) is 4.34. The van der Waals surface area contributed by atoms with E-state index >= 15 is 0 Å². The van der Waals surface area contributed by atoms with E-state index in [0.29, 0.717) is 50.6 Å². The Bertz CT molecular complexity index is 1650. The zero-order chi connectivity index (χ0) is 28.1. The lowest BCUT2D eigenvalue weighted by Crippen LogP contribution is -2.04. The lowest BCUT2D eigenvalue weighted by Gasteiger charge is -2.08. The number of rotatable bonds is 9. The first-order valence-corrected chi connectivity index (χ1v) is 12.7. The third-order valence-corrected chi connectivity index (χ3v) is 6.54. The van der Waals surface area contributed by atoms with E-state index in [2.05, 4.69) is 0 Å². The van der Waals surface area contributed by atoms with Gasteiger partial charge >= 0.3 is 0 Å². The molecule has 0 unspecified atom stereocenters. The molecule has 0 aliphatic carbocycles. The molecule has 0 fully saturated rings. The van der Waals surface area contributed by atoms with Gasteiger partial charge in [-0.15, -0.1) is 0 Å². The standard InChI is InChI=1S/C35H26O5/c1-23-3-5-24(6-4-23)33(36)28-13-19-31(20-14-28)40-32-21-15-29(16-22-32)35(38)26-9-7-25(8-10-26)34(37)27-11-17-30(39-2)18-12-27/h3-22H,1-2H3. The summed E-state index contributed by atoms with van der Waals surface area (Å²) < 4.78 is 11.0. The fourth-order valence-corrected chi connectivity index (χ4v) is 4.21. The Labute approximate surface area is 232 Å². The van der Waals surface area contributed by atoms with Crippen LogP contribution >= 0.6 is 0 Å². The average molecular weight is 527 g/mol. The number of carbonyl (C=O) groups is 3. The second-order valence-corrected chi connectivity index (χ2v) is 9.31. The van der Waals surface area contributed by atoms with Crippen molar-refractivity contribution in [1.82, 2.24) is 0 Å². The lowest BCUT2D eigenvalue weighted by molar-refractivity contribution is 0.102. The Balaban J connectivity index is 1.21. The lowest BCUT2D eigenvalue weighted by atomic mass is 9.98. The van der Waals surface area contributed by atoms with E-state index in [9.17, 15) is 14.4 Å². The number of benzene rings is 5. The van der Waals surface area contributed by atoms with Crippen LogP contribution in [0.1, 0.15) is 53.3 Å². The van der Waals surface area contributed by atoms with Crippen LogP contribution in [0.3, 0.4) is 0 Å². The minimum Gasteiger partial charge on any atom is -0.497 e. The van der Waals surface area contributed by atoms with Gasteiger partial charge in [0.05, 0.1) is 7.11 Å². The fraction of sp³-hybridized carbons (Fsp3) is 0.0571. The monoisotopic (exact) mass is 526 g/mol. The molecule has 40 heavy (non-hydrogen) atoms. The molecule has 0 heterocycles. The molecule has 5 rings (SSSR count). The molecule has 0 amide bonds. The van der Waals surface area contributed by atoms with Crippen molar-refractivity contribution in [1.29, 1.82) is 0 Å². The van der Waals surface area contributed by atoms with Crippen molar-refractivity contribution in [2.24, 2.45) is 0 Å². The first-order valence-electron chi connectivity index (χ1n) is 12.7. The second kappa shape index (κ2) is 11.6. The molecule has 0 N–H and O–H groups in total. The molecule has 0 aliphatic heterocycles. The molecule has 0 aromatic heterocycles. The molecule has 0 bridgehead atoms. The Morgan fingerprint density at radius 2 is 0.650 bits per heavy atom. The Kier molecular flexibility index (Phi) is 7.65. The minimum absolute atomic E-state index is 0.0486. The zero-order valence-electron chi connectivity index (χ0n) is 22.1. The quantitative estimate of drug-likeness (QED) is 0.186. The highest BCUT2D eigenvalue weighted by Crippen LogP contribution is 2.24. The van der Waals surface area contributed by atoms with Gasteiger partial charge in [0.1, 0.15) is 17.2 Å². The number of methoxy groups -OCH3 is 1. The molecule has 5 heteroatoms. The Morgan fingerprint density at radius 1 is 0.400 bits per heavy atom. The normalized spacial score (nSPS) is 10.6. The number of ketones is 3. The second-order valence-electron chi connectivity index (χ2n) is 9.31. The topological polar surface area (TPSA) is 69.7 Å². The summed E-state index contributed by atoms with van der Waals surface area (Å²) in [4.78, 5) is 38.4. The van der Waals surface area contributed by atoms with Crippen molar-refractivity contribution in [3.63, 3.8) is 0 Å². The van der Waals surface area contributed by atoms with Crippen LogP contribution in [0, 0.1) is 6.92 Å². The van der Waals surface area contributed by atoms with Crippen molar-refractivity contribution in [2.75, 3.05) is 7.11 Å². The van der Waals surface area contributed by atoms with Gasteiger partial charge in [-0.1, -0.05) is 54.1 Å². The van der Waals surface area contributed by atoms with Crippen LogP contribution in [0.5, 0.6) is 17.2 Å². The predicted octanol–water partition coefficient (Wildman–Crippen LogP) is 7.49. The maximum absolute atomic E-state index is 13.0. The average Bonchev–Trinajstić information content (AvgIpc) is 3.01. The summed E-state index contributed by atoms with van der Waals surface area (Å²) in [6.45, 7) is 1.98. The van der Waals surface area contributed by atoms with Crippen LogP contribution in [0.4, 0.5) is 0 Å². The number of hydrogen-bond donors (Lipinski definition) is 0. The molecule has 5 nitrogen and oxygen atoms in total. The molecule has 0 aliphatic rings. The van der Waals surface area contributed by atoms with Gasteiger partial charge in [0.15, 0.2) is 17.3 Å². The van der Waals surface area contributed by atoms with Crippen molar-refractivity contribution in [3.8, 4) is 17.2 Å². The van der Waals surface area contributed by atoms with Crippen LogP contribution in [-0.2, 0) is 0 Å². The number of aryl methyl sites for hydroxylation is 1. The predicted molar refractivity (Wildman–Crippen MR) is 154 cm³/mol. The third kappa shape index (κ3) is 5.89. The van der Waals surface area contributed by atoms with Crippen LogP contribution in [0.2, 0.25) is 0 Å². The van der Waals surface area contributed by atoms with Crippen LogP contribution in [0.15, 0.2) is 121 Å². The number of hydrogen-bond acceptors (Lipinski definition) is 5. The van der Waals surface area contributed by atoms with Gasteiger partial charge < -0.3 is 9.47 Å². The van der Waals surface area contributed by atoms with Gasteiger partial charge in [-0.05, 0) is 79.7 Å². The van der Waals surface area contributed by atoms with Crippen molar-refractivity contribution >= 4 is 17.3 Å². The summed E-state index contributed by atoms with van der Waals surface area (Å²) in [6, 6.07) is 34.8. The summed E-state index contributed by atoms with van der Waals surface area (Å²) in [6.07, 6.45) is 0. The maximum Gasteiger partial charge on any atom is 0.193 e. The van der Waals surface area contributed by atoms with Gasteiger partial charge in [-0.3, -0.25) is 14.4 Å². The van der Waals surface area contributed by atoms with Crippen LogP contribution in [-0.4, -0.2) is 24.5 Å². The zero-order valence-corrected chi connectivity index (χ0v) is 22.1. The SMILES string of the molecule is COc1ccc(C(=O)c2ccc(C(=O)c3ccc(Oc4ccc(C(=O)c5ccc(C)cc5)cc4)cc3)cc2)cc1. The Hall–Kier alpha value is -5.29. The highest BCUT2D eigenvalue weighted by atomic mass is 16.5. The summed E-state index contributed by atoms with van der Waals surface area (Å²) in [5.74, 6) is 1.49. The van der Waals surface area contributed by atoms with Crippen molar-refractivity contribution < 1.29 is 23.9 Å². The first-order chi connectivity index (χ1) is 19.4. The largest absolute Gasteiger partial charge is 0.497 e. The van der Waals surface area contributed by atoms with Crippen molar-refractivity contribution in [3.05, 3.63) is 160 Å². The van der Waals surface area contributed by atoms with Gasteiger partial charge in [-0.25, -0.2) is 0 Å². The van der Waals surface area contributed by atoms with E-state index in [1.807, 2.05) is 31.2 Å². The molecular weight excluding hydrogens is 500 g/mol. The molecule has 0 atom stereocenters. The molecular formula is C35H26O5.